The van der Waals surface area contributed by atoms with E-state index in [-0.39, 0.29) is 23.0 Å². The first kappa shape index (κ1) is 22.8. The summed E-state index contributed by atoms with van der Waals surface area (Å²) in [5, 5.41) is 48.6. The number of ether oxygens (including phenoxy) is 1. The van der Waals surface area contributed by atoms with E-state index in [0.717, 1.165) is 12.2 Å². The van der Waals surface area contributed by atoms with Crippen LogP contribution in [0.25, 0.3) is 12.2 Å². The highest BCUT2D eigenvalue weighted by Crippen LogP contribution is 2.26. The van der Waals surface area contributed by atoms with Crippen LogP contribution < -0.4 is 5.32 Å². The number of hydrogen-bond donors (Lipinski definition) is 6. The molecule has 0 spiro atoms. The lowest BCUT2D eigenvalue weighted by atomic mass is 10.2. The second-order valence-electron chi connectivity index (χ2n) is 6.19. The van der Waals surface area contributed by atoms with Gasteiger partial charge in [0.25, 0.3) is 0 Å². The number of amides is 1. The van der Waals surface area contributed by atoms with Gasteiger partial charge in [0.1, 0.15) is 6.61 Å². The second kappa shape index (κ2) is 10.3. The average Bonchev–Trinajstić information content (AvgIpc) is 2.72. The highest BCUT2D eigenvalue weighted by atomic mass is 16.5. The molecule has 1 amide bonds. The molecule has 10 nitrogen and oxygen atoms in total. The van der Waals surface area contributed by atoms with E-state index in [9.17, 15) is 39.9 Å². The zero-order valence-electron chi connectivity index (χ0n) is 15.9. The summed E-state index contributed by atoms with van der Waals surface area (Å²) in [6.45, 7) is -0.640. The van der Waals surface area contributed by atoms with Crippen molar-refractivity contribution >= 4 is 30.0 Å². The van der Waals surface area contributed by atoms with Crippen LogP contribution in [0.15, 0.2) is 48.6 Å². The quantitative estimate of drug-likeness (QED) is 0.206. The van der Waals surface area contributed by atoms with Crippen LogP contribution in [0.3, 0.4) is 0 Å². The molecule has 10 heteroatoms. The van der Waals surface area contributed by atoms with Gasteiger partial charge >= 0.3 is 11.9 Å². The number of aromatic hydroxyl groups is 4. The molecule has 0 unspecified atom stereocenters. The number of phenolic OH excluding ortho intramolecular Hbond substituents is 4. The summed E-state index contributed by atoms with van der Waals surface area (Å²) in [7, 11) is 0. The third-order valence-corrected chi connectivity index (χ3v) is 3.84. The van der Waals surface area contributed by atoms with E-state index in [1.807, 2.05) is 0 Å². The minimum atomic E-state index is -1.51. The maximum Gasteiger partial charge on any atom is 0.330 e. The van der Waals surface area contributed by atoms with Crippen LogP contribution in [0.1, 0.15) is 11.1 Å². The summed E-state index contributed by atoms with van der Waals surface area (Å²) in [6.07, 6.45) is 4.57. The Morgan fingerprint density at radius 3 is 1.84 bits per heavy atom. The van der Waals surface area contributed by atoms with Gasteiger partial charge in [0, 0.05) is 12.2 Å². The van der Waals surface area contributed by atoms with Gasteiger partial charge in [-0.15, -0.1) is 0 Å². The Labute approximate surface area is 176 Å². The largest absolute Gasteiger partial charge is 0.504 e. The number of carbonyl (C=O) groups is 3. The zero-order valence-corrected chi connectivity index (χ0v) is 15.9. The third kappa shape index (κ3) is 7.13. The fraction of sp³-hybridized carbons (Fsp3) is 0.0952. The molecule has 0 aromatic heterocycles. The van der Waals surface area contributed by atoms with Crippen molar-refractivity contribution in [2.75, 3.05) is 6.61 Å². The fourth-order valence-electron chi connectivity index (χ4n) is 2.23. The van der Waals surface area contributed by atoms with Crippen molar-refractivity contribution in [3.63, 3.8) is 0 Å². The highest BCUT2D eigenvalue weighted by molar-refractivity contribution is 5.94. The molecular formula is C21H19NO9. The average molecular weight is 429 g/mol. The van der Waals surface area contributed by atoms with Crippen LogP contribution >= 0.6 is 0 Å². The number of rotatable bonds is 8. The minimum absolute atomic E-state index is 0.323. The Hall–Kier alpha value is -4.47. The summed E-state index contributed by atoms with van der Waals surface area (Å²) < 4.78 is 4.82. The molecule has 2 rings (SSSR count). The van der Waals surface area contributed by atoms with Gasteiger partial charge in [0.2, 0.25) is 5.91 Å². The number of carbonyl (C=O) groups excluding carboxylic acids is 2. The van der Waals surface area contributed by atoms with E-state index in [0.29, 0.717) is 11.1 Å². The molecule has 162 valence electrons. The Morgan fingerprint density at radius 1 is 0.839 bits per heavy atom. The van der Waals surface area contributed by atoms with Crippen molar-refractivity contribution in [3.8, 4) is 23.0 Å². The Balaban J connectivity index is 1.90. The SMILES string of the molecule is O=C(C=Cc1ccc(O)c(O)c1)N[C@@H](COC(=O)C=Cc1ccc(O)c(O)c1)C(=O)O. The fourth-order valence-corrected chi connectivity index (χ4v) is 2.23. The monoisotopic (exact) mass is 429 g/mol. The maximum absolute atomic E-state index is 11.9. The summed E-state index contributed by atoms with van der Waals surface area (Å²) in [4.78, 5) is 35.0. The molecular weight excluding hydrogens is 410 g/mol. The lowest BCUT2D eigenvalue weighted by Gasteiger charge is -2.12. The third-order valence-electron chi connectivity index (χ3n) is 3.84. The molecule has 0 saturated carbocycles. The van der Waals surface area contributed by atoms with Crippen molar-refractivity contribution in [1.82, 2.24) is 5.32 Å². The first-order valence-corrected chi connectivity index (χ1v) is 8.76. The molecule has 2 aromatic rings. The number of nitrogens with one attached hydrogen (secondary N) is 1. The first-order chi connectivity index (χ1) is 14.7. The molecule has 0 saturated heterocycles. The number of phenols is 4. The molecule has 1 atom stereocenters. The number of esters is 1. The molecule has 0 bridgehead atoms. The van der Waals surface area contributed by atoms with Gasteiger partial charge in [0.05, 0.1) is 0 Å². The topological polar surface area (TPSA) is 174 Å². The Kier molecular flexibility index (Phi) is 7.62. The molecule has 0 aliphatic heterocycles. The molecule has 0 aliphatic carbocycles. The van der Waals surface area contributed by atoms with Gasteiger partial charge in [-0.3, -0.25) is 4.79 Å². The van der Waals surface area contributed by atoms with E-state index in [1.165, 1.54) is 48.6 Å². The van der Waals surface area contributed by atoms with Gasteiger partial charge in [0.15, 0.2) is 29.0 Å². The normalized spacial score (nSPS) is 12.0. The summed E-state index contributed by atoms with van der Waals surface area (Å²) >= 11 is 0. The summed E-state index contributed by atoms with van der Waals surface area (Å²) in [5.41, 5.74) is 0.773. The van der Waals surface area contributed by atoms with Crippen LogP contribution in [0.2, 0.25) is 0 Å². The van der Waals surface area contributed by atoms with E-state index >= 15 is 0 Å². The summed E-state index contributed by atoms with van der Waals surface area (Å²) in [5.74, 6) is -4.51. The Bertz CT molecular complexity index is 1040. The molecule has 0 radical (unpaired) electrons. The first-order valence-electron chi connectivity index (χ1n) is 8.76. The zero-order chi connectivity index (χ0) is 23.0. The van der Waals surface area contributed by atoms with Crippen molar-refractivity contribution in [2.24, 2.45) is 0 Å². The smallest absolute Gasteiger partial charge is 0.330 e. The molecule has 31 heavy (non-hydrogen) atoms. The van der Waals surface area contributed by atoms with Crippen LogP contribution in [0.4, 0.5) is 0 Å². The molecule has 2 aromatic carbocycles. The molecule has 0 fully saturated rings. The second-order valence-corrected chi connectivity index (χ2v) is 6.19. The van der Waals surface area contributed by atoms with Crippen molar-refractivity contribution in [3.05, 3.63) is 59.7 Å². The highest BCUT2D eigenvalue weighted by Gasteiger charge is 2.20. The van der Waals surface area contributed by atoms with Crippen LogP contribution in [-0.2, 0) is 19.1 Å². The summed E-state index contributed by atoms with van der Waals surface area (Å²) in [6, 6.07) is 6.20. The van der Waals surface area contributed by atoms with Crippen molar-refractivity contribution in [1.29, 1.82) is 0 Å². The predicted octanol–water partition coefficient (Wildman–Crippen LogP) is 1.35. The van der Waals surface area contributed by atoms with Crippen LogP contribution in [-0.4, -0.2) is 56.0 Å². The minimum Gasteiger partial charge on any atom is -0.504 e. The van der Waals surface area contributed by atoms with E-state index < -0.39 is 30.5 Å². The lowest BCUT2D eigenvalue weighted by molar-refractivity contribution is -0.147. The van der Waals surface area contributed by atoms with Crippen molar-refractivity contribution in [2.45, 2.75) is 6.04 Å². The van der Waals surface area contributed by atoms with Crippen LogP contribution in [0, 0.1) is 0 Å². The van der Waals surface area contributed by atoms with Crippen LogP contribution in [0.5, 0.6) is 23.0 Å². The number of carboxylic acids is 1. The molecule has 0 heterocycles. The van der Waals surface area contributed by atoms with Gasteiger partial charge in [-0.1, -0.05) is 12.1 Å². The molecule has 0 aliphatic rings. The van der Waals surface area contributed by atoms with Gasteiger partial charge in [-0.25, -0.2) is 9.59 Å². The predicted molar refractivity (Wildman–Crippen MR) is 108 cm³/mol. The number of carboxylic acid groups (broad SMARTS) is 1. The van der Waals surface area contributed by atoms with E-state index in [4.69, 9.17) is 4.74 Å². The standard InChI is InChI=1S/C21H19NO9/c23-15-5-1-12(9-17(15)25)3-7-19(27)22-14(21(29)30)11-31-20(28)8-4-13-2-6-16(24)18(26)10-13/h1-10,14,23-26H,11H2,(H,22,27)(H,29,30)/t14-/m0/s1. The number of aliphatic carboxylic acids is 1. The van der Waals surface area contributed by atoms with Gasteiger partial charge in [-0.05, 0) is 47.5 Å². The maximum atomic E-state index is 11.9. The van der Waals surface area contributed by atoms with E-state index in [2.05, 4.69) is 5.32 Å². The number of benzene rings is 2. The van der Waals surface area contributed by atoms with E-state index in [1.54, 1.807) is 0 Å². The lowest BCUT2D eigenvalue weighted by Crippen LogP contribution is -2.43. The Morgan fingerprint density at radius 2 is 1.35 bits per heavy atom. The number of hydrogen-bond acceptors (Lipinski definition) is 8. The van der Waals surface area contributed by atoms with Crippen molar-refractivity contribution < 1.29 is 44.7 Å². The molecule has 6 N–H and O–H groups in total. The van der Waals surface area contributed by atoms with Gasteiger partial charge in [-0.2, -0.15) is 0 Å². The van der Waals surface area contributed by atoms with Gasteiger partial charge < -0.3 is 35.6 Å².